The zero-order valence-corrected chi connectivity index (χ0v) is 12.7. The number of rotatable bonds is 11. The van der Waals surface area contributed by atoms with Crippen LogP contribution in [-0.4, -0.2) is 46.6 Å². The van der Waals surface area contributed by atoms with Gasteiger partial charge in [0.05, 0.1) is 18.8 Å². The molecule has 0 bridgehead atoms. The molecule has 1 saturated heterocycles. The van der Waals surface area contributed by atoms with Crippen LogP contribution < -0.4 is 4.74 Å². The van der Waals surface area contributed by atoms with Gasteiger partial charge in [0.2, 0.25) is 0 Å². The highest BCUT2D eigenvalue weighted by Crippen LogP contribution is 2.21. The van der Waals surface area contributed by atoms with Crippen LogP contribution in [0.4, 0.5) is 0 Å². The molecule has 5 nitrogen and oxygen atoms in total. The van der Waals surface area contributed by atoms with E-state index in [1.165, 1.54) is 5.56 Å². The van der Waals surface area contributed by atoms with Crippen molar-refractivity contribution in [2.24, 2.45) is 0 Å². The maximum Gasteiger partial charge on any atom is 0.188 e. The first kappa shape index (κ1) is 16.2. The van der Waals surface area contributed by atoms with Crippen molar-refractivity contribution in [3.05, 3.63) is 29.8 Å². The summed E-state index contributed by atoms with van der Waals surface area (Å²) in [5.41, 5.74) is 1.27. The molecule has 0 N–H and O–H groups in total. The van der Waals surface area contributed by atoms with Gasteiger partial charge in [-0.15, -0.1) is 0 Å². The van der Waals surface area contributed by atoms with E-state index in [9.17, 15) is 0 Å². The third-order valence-electron chi connectivity index (χ3n) is 3.37. The molecule has 0 unspecified atom stereocenters. The summed E-state index contributed by atoms with van der Waals surface area (Å²) in [5, 5.41) is 0. The number of hydrogen-bond acceptors (Lipinski definition) is 5. The molecular weight excluding hydrogens is 272 g/mol. The first-order valence-electron chi connectivity index (χ1n) is 7.24. The van der Waals surface area contributed by atoms with Gasteiger partial charge in [-0.05, 0) is 30.5 Å². The van der Waals surface area contributed by atoms with Crippen molar-refractivity contribution in [1.82, 2.24) is 0 Å². The lowest BCUT2D eigenvalue weighted by atomic mass is 10.0. The Kier molecular flexibility index (Phi) is 6.95. The molecule has 1 aliphatic heterocycles. The molecule has 1 aromatic carbocycles. The van der Waals surface area contributed by atoms with E-state index in [2.05, 4.69) is 12.1 Å². The van der Waals surface area contributed by atoms with Gasteiger partial charge in [-0.25, -0.2) is 0 Å². The summed E-state index contributed by atoms with van der Waals surface area (Å²) in [6.45, 7) is 1.47. The Bertz CT molecular complexity index is 388. The molecule has 1 heterocycles. The largest absolute Gasteiger partial charge is 0.468 e. The fourth-order valence-electron chi connectivity index (χ4n) is 2.14. The molecule has 0 spiro atoms. The number of benzene rings is 1. The van der Waals surface area contributed by atoms with Crippen molar-refractivity contribution < 1.29 is 23.7 Å². The molecule has 5 heteroatoms. The van der Waals surface area contributed by atoms with Gasteiger partial charge in [-0.3, -0.25) is 0 Å². The van der Waals surface area contributed by atoms with Crippen LogP contribution in [0.2, 0.25) is 0 Å². The first-order valence-corrected chi connectivity index (χ1v) is 7.24. The zero-order chi connectivity index (χ0) is 14.9. The molecule has 1 aromatic rings. The fourth-order valence-corrected chi connectivity index (χ4v) is 2.14. The molecular formula is C16H24O5. The van der Waals surface area contributed by atoms with Crippen molar-refractivity contribution >= 4 is 0 Å². The van der Waals surface area contributed by atoms with Crippen LogP contribution >= 0.6 is 0 Å². The van der Waals surface area contributed by atoms with Crippen LogP contribution in [0.5, 0.6) is 5.75 Å². The van der Waals surface area contributed by atoms with Crippen molar-refractivity contribution in [2.45, 2.75) is 31.5 Å². The Balaban J connectivity index is 1.75. The lowest BCUT2D eigenvalue weighted by molar-refractivity contribution is -0.0779. The van der Waals surface area contributed by atoms with Crippen LogP contribution in [-0.2, 0) is 25.4 Å². The molecule has 0 aromatic heterocycles. The zero-order valence-electron chi connectivity index (χ0n) is 12.7. The van der Waals surface area contributed by atoms with E-state index >= 15 is 0 Å². The summed E-state index contributed by atoms with van der Waals surface area (Å²) < 4.78 is 26.2. The minimum Gasteiger partial charge on any atom is -0.468 e. The molecule has 0 saturated carbocycles. The highest BCUT2D eigenvalue weighted by Gasteiger charge is 2.27. The van der Waals surface area contributed by atoms with E-state index in [1.807, 2.05) is 12.1 Å². The van der Waals surface area contributed by atoms with Crippen LogP contribution in [0.1, 0.15) is 18.4 Å². The molecule has 0 amide bonds. The molecule has 1 fully saturated rings. The minimum absolute atomic E-state index is 0.182. The summed E-state index contributed by atoms with van der Waals surface area (Å²) in [6.07, 6.45) is 3.42. The average Bonchev–Trinajstić information content (AvgIpc) is 3.33. The SMILES string of the molecule is COCOc1ccc(CC[C@@H](C[C@H]2CO2)OCOC)cc1. The van der Waals surface area contributed by atoms with Crippen molar-refractivity contribution in [3.63, 3.8) is 0 Å². The molecule has 1 aliphatic rings. The van der Waals surface area contributed by atoms with Gasteiger partial charge in [-0.1, -0.05) is 12.1 Å². The van der Waals surface area contributed by atoms with Gasteiger partial charge < -0.3 is 23.7 Å². The lowest BCUT2D eigenvalue weighted by Gasteiger charge is -2.16. The minimum atomic E-state index is 0.182. The van der Waals surface area contributed by atoms with E-state index in [4.69, 9.17) is 23.7 Å². The molecule has 2 rings (SSSR count). The third-order valence-corrected chi connectivity index (χ3v) is 3.37. The highest BCUT2D eigenvalue weighted by molar-refractivity contribution is 5.27. The van der Waals surface area contributed by atoms with E-state index in [-0.39, 0.29) is 12.9 Å². The summed E-state index contributed by atoms with van der Waals surface area (Å²) in [5.74, 6) is 0.819. The monoisotopic (exact) mass is 296 g/mol. The Labute approximate surface area is 126 Å². The van der Waals surface area contributed by atoms with Gasteiger partial charge in [0.25, 0.3) is 0 Å². The second-order valence-corrected chi connectivity index (χ2v) is 5.12. The topological polar surface area (TPSA) is 49.5 Å². The lowest BCUT2D eigenvalue weighted by Crippen LogP contribution is -2.18. The number of aryl methyl sites for hydroxylation is 1. The first-order chi connectivity index (χ1) is 10.3. The van der Waals surface area contributed by atoms with Crippen LogP contribution in [0.15, 0.2) is 24.3 Å². The van der Waals surface area contributed by atoms with Crippen molar-refractivity contribution in [3.8, 4) is 5.75 Å². The van der Waals surface area contributed by atoms with Gasteiger partial charge in [0.1, 0.15) is 12.5 Å². The standard InChI is InChI=1S/C16H24O5/c1-17-11-20-14-6-3-13(4-7-14)5-8-15(21-12-18-2)9-16-10-19-16/h3-4,6-7,15-16H,5,8-12H2,1-2H3/t15-,16-/m0/s1. The highest BCUT2D eigenvalue weighted by atomic mass is 16.7. The normalized spacial score (nSPS) is 18.5. The van der Waals surface area contributed by atoms with Gasteiger partial charge in [0.15, 0.2) is 6.79 Å². The van der Waals surface area contributed by atoms with E-state index in [1.54, 1.807) is 14.2 Å². The molecule has 118 valence electrons. The van der Waals surface area contributed by atoms with Gasteiger partial charge in [0, 0.05) is 20.6 Å². The second-order valence-electron chi connectivity index (χ2n) is 5.12. The molecule has 0 aliphatic carbocycles. The van der Waals surface area contributed by atoms with Crippen LogP contribution in [0, 0.1) is 0 Å². The predicted molar refractivity (Wildman–Crippen MR) is 78.4 cm³/mol. The van der Waals surface area contributed by atoms with E-state index in [0.29, 0.717) is 12.9 Å². The number of methoxy groups -OCH3 is 2. The van der Waals surface area contributed by atoms with E-state index < -0.39 is 0 Å². The number of ether oxygens (including phenoxy) is 5. The predicted octanol–water partition coefficient (Wildman–Crippen LogP) is 2.38. The smallest absolute Gasteiger partial charge is 0.188 e. The summed E-state index contributed by atoms with van der Waals surface area (Å²) >= 11 is 0. The summed E-state index contributed by atoms with van der Waals surface area (Å²) in [7, 11) is 3.25. The Morgan fingerprint density at radius 3 is 2.48 bits per heavy atom. The Hall–Kier alpha value is -1.14. The van der Waals surface area contributed by atoms with Crippen molar-refractivity contribution in [2.75, 3.05) is 34.4 Å². The number of hydrogen-bond donors (Lipinski definition) is 0. The molecule has 0 radical (unpaired) electrons. The fraction of sp³-hybridized carbons (Fsp3) is 0.625. The Morgan fingerprint density at radius 2 is 1.86 bits per heavy atom. The molecule has 21 heavy (non-hydrogen) atoms. The summed E-state index contributed by atoms with van der Waals surface area (Å²) in [4.78, 5) is 0. The van der Waals surface area contributed by atoms with E-state index in [0.717, 1.165) is 31.6 Å². The number of epoxide rings is 1. The van der Waals surface area contributed by atoms with Gasteiger partial charge in [-0.2, -0.15) is 0 Å². The maximum absolute atomic E-state index is 5.70. The van der Waals surface area contributed by atoms with Crippen molar-refractivity contribution in [1.29, 1.82) is 0 Å². The van der Waals surface area contributed by atoms with Gasteiger partial charge >= 0.3 is 0 Å². The quantitative estimate of drug-likeness (QED) is 0.463. The Morgan fingerprint density at radius 1 is 1.14 bits per heavy atom. The van der Waals surface area contributed by atoms with Crippen LogP contribution in [0.3, 0.4) is 0 Å². The van der Waals surface area contributed by atoms with Crippen LogP contribution in [0.25, 0.3) is 0 Å². The maximum atomic E-state index is 5.70. The third kappa shape index (κ3) is 6.44. The second kappa shape index (κ2) is 9.00. The molecule has 2 atom stereocenters. The average molecular weight is 296 g/mol. The summed E-state index contributed by atoms with van der Waals surface area (Å²) in [6, 6.07) is 8.07.